The lowest BCUT2D eigenvalue weighted by molar-refractivity contribution is -0.102. The quantitative estimate of drug-likeness (QED) is 0.509. The summed E-state index contributed by atoms with van der Waals surface area (Å²) in [5.74, 6) is 1.32. The van der Waals surface area contributed by atoms with Crippen LogP contribution in [0.3, 0.4) is 0 Å². The van der Waals surface area contributed by atoms with Gasteiger partial charge in [-0.15, -0.1) is 12.4 Å². The molecule has 2 heterocycles. The number of hydrogen-bond donors (Lipinski definition) is 2. The van der Waals surface area contributed by atoms with Crippen LogP contribution < -0.4 is 20.6 Å². The normalized spacial score (nSPS) is 15.9. The first kappa shape index (κ1) is 25.2. The predicted molar refractivity (Wildman–Crippen MR) is 123 cm³/mol. The second-order valence-corrected chi connectivity index (χ2v) is 7.32. The molecule has 1 fully saturated rings. The van der Waals surface area contributed by atoms with Gasteiger partial charge in [0.1, 0.15) is 18.5 Å². The molecule has 3 rings (SSSR count). The Kier molecular flexibility index (Phi) is 10.9. The van der Waals surface area contributed by atoms with E-state index in [0.717, 1.165) is 36.3 Å². The third-order valence-corrected chi connectivity index (χ3v) is 5.07. The lowest BCUT2D eigenvalue weighted by Gasteiger charge is -2.23. The lowest BCUT2D eigenvalue weighted by atomic mass is 10.0. The monoisotopic (exact) mass is 452 g/mol. The van der Waals surface area contributed by atoms with Crippen molar-refractivity contribution >= 4 is 12.4 Å². The molecule has 0 bridgehead atoms. The van der Waals surface area contributed by atoms with Crippen LogP contribution in [0, 0.1) is 0 Å². The summed E-state index contributed by atoms with van der Waals surface area (Å²) in [6.45, 7) is 5.30. The second kappa shape index (κ2) is 13.4. The maximum atomic E-state index is 12.5. The van der Waals surface area contributed by atoms with Crippen LogP contribution in [0.15, 0.2) is 35.1 Å². The molecular formula is C23H33ClN2O5. The number of rotatable bonds is 11. The van der Waals surface area contributed by atoms with Crippen LogP contribution in [0.1, 0.15) is 30.2 Å². The standard InChI is InChI=1S/C23H32N2O5.ClH/c1-2-20-21(9-6-17-4-7-18(8-5-17)28-11-3-10-24)25-23(14-22(20)26)30-16-19-15-27-12-13-29-19;/h4-5,7-8,14,19H,2-3,6,9-13,15-16,24H2,1H3,(H,25,26);1H. The SMILES string of the molecule is CCc1c(CCc2ccc(OCCCN)cc2)[nH]c(OCC2COCCO2)cc1=O.Cl. The molecule has 0 saturated carbocycles. The third-order valence-electron chi connectivity index (χ3n) is 5.07. The molecule has 1 saturated heterocycles. The number of aryl methyl sites for hydroxylation is 2. The highest BCUT2D eigenvalue weighted by Crippen LogP contribution is 2.16. The molecule has 1 aliphatic heterocycles. The number of H-pyrrole nitrogens is 1. The largest absolute Gasteiger partial charge is 0.494 e. The molecule has 0 amide bonds. The van der Waals surface area contributed by atoms with Crippen LogP contribution in [0.2, 0.25) is 0 Å². The number of hydrogen-bond acceptors (Lipinski definition) is 6. The zero-order chi connectivity index (χ0) is 21.2. The molecule has 1 unspecified atom stereocenters. The fraction of sp³-hybridized carbons (Fsp3) is 0.522. The van der Waals surface area contributed by atoms with Gasteiger partial charge in [0.25, 0.3) is 0 Å². The van der Waals surface area contributed by atoms with E-state index in [4.69, 9.17) is 24.7 Å². The van der Waals surface area contributed by atoms with Gasteiger partial charge in [-0.2, -0.15) is 0 Å². The molecule has 0 radical (unpaired) electrons. The molecule has 1 aromatic heterocycles. The fourth-order valence-corrected chi connectivity index (χ4v) is 3.40. The van der Waals surface area contributed by atoms with Crippen molar-refractivity contribution in [1.82, 2.24) is 4.98 Å². The van der Waals surface area contributed by atoms with E-state index < -0.39 is 0 Å². The maximum Gasteiger partial charge on any atom is 0.194 e. The van der Waals surface area contributed by atoms with Gasteiger partial charge in [-0.3, -0.25) is 4.79 Å². The molecule has 172 valence electrons. The first-order valence-corrected chi connectivity index (χ1v) is 10.7. The van der Waals surface area contributed by atoms with Crippen LogP contribution in [-0.4, -0.2) is 50.7 Å². The van der Waals surface area contributed by atoms with Crippen molar-refractivity contribution in [1.29, 1.82) is 0 Å². The molecule has 7 nitrogen and oxygen atoms in total. The number of pyridine rings is 1. The Bertz CT molecular complexity index is 835. The molecule has 0 aliphatic carbocycles. The maximum absolute atomic E-state index is 12.5. The third kappa shape index (κ3) is 7.85. The Hall–Kier alpha value is -2.06. The number of ether oxygens (including phenoxy) is 4. The van der Waals surface area contributed by atoms with E-state index in [9.17, 15) is 4.79 Å². The van der Waals surface area contributed by atoms with E-state index in [1.807, 2.05) is 19.1 Å². The molecular weight excluding hydrogens is 420 g/mol. The van der Waals surface area contributed by atoms with Crippen molar-refractivity contribution in [2.45, 2.75) is 38.7 Å². The number of aromatic amines is 1. The van der Waals surface area contributed by atoms with Gasteiger partial charge in [-0.25, -0.2) is 0 Å². The van der Waals surface area contributed by atoms with Crippen molar-refractivity contribution in [2.75, 3.05) is 39.6 Å². The van der Waals surface area contributed by atoms with E-state index in [1.165, 1.54) is 11.6 Å². The summed E-state index contributed by atoms with van der Waals surface area (Å²) < 4.78 is 22.4. The van der Waals surface area contributed by atoms with E-state index in [1.54, 1.807) is 0 Å². The van der Waals surface area contributed by atoms with E-state index in [2.05, 4.69) is 17.1 Å². The average molecular weight is 453 g/mol. The topological polar surface area (TPSA) is 95.8 Å². The predicted octanol–water partition coefficient (Wildman–Crippen LogP) is 2.67. The molecule has 1 aromatic carbocycles. The summed E-state index contributed by atoms with van der Waals surface area (Å²) in [5, 5.41) is 0. The zero-order valence-corrected chi connectivity index (χ0v) is 18.9. The fourth-order valence-electron chi connectivity index (χ4n) is 3.40. The van der Waals surface area contributed by atoms with Gasteiger partial charge < -0.3 is 29.7 Å². The highest BCUT2D eigenvalue weighted by Gasteiger charge is 2.16. The Balaban J connectivity index is 0.00000341. The van der Waals surface area contributed by atoms with Gasteiger partial charge in [-0.1, -0.05) is 19.1 Å². The van der Waals surface area contributed by atoms with Crippen LogP contribution in [0.25, 0.3) is 0 Å². The number of nitrogens with one attached hydrogen (secondary N) is 1. The van der Waals surface area contributed by atoms with Crippen molar-refractivity contribution in [3.8, 4) is 11.6 Å². The van der Waals surface area contributed by atoms with Gasteiger partial charge in [0.05, 0.1) is 26.4 Å². The minimum atomic E-state index is -0.109. The molecule has 3 N–H and O–H groups in total. The van der Waals surface area contributed by atoms with E-state index in [-0.39, 0.29) is 23.9 Å². The number of benzene rings is 1. The highest BCUT2D eigenvalue weighted by atomic mass is 35.5. The number of nitrogens with two attached hydrogens (primary N) is 1. The Morgan fingerprint density at radius 1 is 1.16 bits per heavy atom. The van der Waals surface area contributed by atoms with Crippen LogP contribution >= 0.6 is 12.4 Å². The van der Waals surface area contributed by atoms with Crippen molar-refractivity contribution < 1.29 is 18.9 Å². The van der Waals surface area contributed by atoms with Crippen LogP contribution in [0.4, 0.5) is 0 Å². The first-order chi connectivity index (χ1) is 14.7. The summed E-state index contributed by atoms with van der Waals surface area (Å²) in [5.41, 5.74) is 8.40. The molecule has 0 spiro atoms. The summed E-state index contributed by atoms with van der Waals surface area (Å²) in [6.07, 6.45) is 2.95. The number of halogens is 1. The zero-order valence-electron chi connectivity index (χ0n) is 18.1. The molecule has 1 atom stereocenters. The summed E-state index contributed by atoms with van der Waals surface area (Å²) in [7, 11) is 0. The molecule has 1 aliphatic rings. The Labute approximate surface area is 189 Å². The summed E-state index contributed by atoms with van der Waals surface area (Å²) in [4.78, 5) is 15.8. The van der Waals surface area contributed by atoms with E-state index >= 15 is 0 Å². The van der Waals surface area contributed by atoms with Gasteiger partial charge in [-0.05, 0) is 49.9 Å². The van der Waals surface area contributed by atoms with Crippen LogP contribution in [0.5, 0.6) is 11.6 Å². The summed E-state index contributed by atoms with van der Waals surface area (Å²) >= 11 is 0. The smallest absolute Gasteiger partial charge is 0.194 e. The second-order valence-electron chi connectivity index (χ2n) is 7.32. The average Bonchev–Trinajstić information content (AvgIpc) is 2.78. The van der Waals surface area contributed by atoms with Gasteiger partial charge >= 0.3 is 0 Å². The van der Waals surface area contributed by atoms with Gasteiger partial charge in [0.2, 0.25) is 0 Å². The minimum absolute atomic E-state index is 0. The number of aromatic nitrogens is 1. The van der Waals surface area contributed by atoms with Gasteiger partial charge in [0.15, 0.2) is 11.3 Å². The highest BCUT2D eigenvalue weighted by molar-refractivity contribution is 5.85. The Morgan fingerprint density at radius 3 is 2.65 bits per heavy atom. The van der Waals surface area contributed by atoms with E-state index in [0.29, 0.717) is 51.9 Å². The van der Waals surface area contributed by atoms with Crippen molar-refractivity contribution in [3.05, 3.63) is 57.4 Å². The summed E-state index contributed by atoms with van der Waals surface area (Å²) in [6, 6.07) is 9.59. The minimum Gasteiger partial charge on any atom is -0.494 e. The molecule has 31 heavy (non-hydrogen) atoms. The van der Waals surface area contributed by atoms with Gasteiger partial charge in [0, 0.05) is 17.3 Å². The van der Waals surface area contributed by atoms with Crippen molar-refractivity contribution in [2.24, 2.45) is 5.73 Å². The Morgan fingerprint density at radius 2 is 1.97 bits per heavy atom. The first-order valence-electron chi connectivity index (χ1n) is 10.7. The lowest BCUT2D eigenvalue weighted by Crippen LogP contribution is -2.33. The van der Waals surface area contributed by atoms with Crippen molar-refractivity contribution in [3.63, 3.8) is 0 Å². The molecule has 2 aromatic rings. The van der Waals surface area contributed by atoms with Crippen LogP contribution in [-0.2, 0) is 28.7 Å². The molecule has 8 heteroatoms.